The lowest BCUT2D eigenvalue weighted by Crippen LogP contribution is -2.17. The van der Waals surface area contributed by atoms with Crippen molar-refractivity contribution in [3.63, 3.8) is 0 Å². The number of hydrogen-bond acceptors (Lipinski definition) is 4. The van der Waals surface area contributed by atoms with E-state index in [1.807, 2.05) is 54.6 Å². The van der Waals surface area contributed by atoms with E-state index in [0.29, 0.717) is 39.3 Å². The third-order valence-electron chi connectivity index (χ3n) is 10.6. The van der Waals surface area contributed by atoms with Crippen LogP contribution in [0.4, 0.5) is 32.4 Å². The number of hydrogen-bond donors (Lipinski definition) is 3. The van der Waals surface area contributed by atoms with Crippen molar-refractivity contribution < 1.29 is 31.5 Å². The summed E-state index contributed by atoms with van der Waals surface area (Å²) in [7, 11) is 0. The number of halogens is 5. The van der Waals surface area contributed by atoms with Crippen LogP contribution in [0.3, 0.4) is 0 Å². The Balaban J connectivity index is 1.00. The fraction of sp³-hybridized carbons (Fsp3) is 0.0426. The first-order valence-corrected chi connectivity index (χ1v) is 18.5. The largest absolute Gasteiger partial charge is 0.448 e. The smallest absolute Gasteiger partial charge is 0.411 e. The molecule has 7 aromatic rings. The average molecular weight is 790 g/mol. The molecule has 2 aliphatic heterocycles. The van der Waals surface area contributed by atoms with Crippen LogP contribution in [0, 0.1) is 29.1 Å². The van der Waals surface area contributed by atoms with Crippen molar-refractivity contribution in [3.8, 4) is 33.4 Å². The second-order valence-corrected chi connectivity index (χ2v) is 14.2. The minimum atomic E-state index is -2.25. The first kappa shape index (κ1) is 35.8. The number of fused-ring (bicyclic) bond motifs is 11. The van der Waals surface area contributed by atoms with Gasteiger partial charge in [0.15, 0.2) is 23.3 Å². The maximum atomic E-state index is 15.3. The van der Waals surface area contributed by atoms with E-state index in [-0.39, 0.29) is 29.3 Å². The zero-order valence-corrected chi connectivity index (χ0v) is 30.6. The number of carbonyl (C=O) groups excluding carboxylic acids is 1. The highest BCUT2D eigenvalue weighted by Gasteiger charge is 2.30. The molecule has 0 saturated heterocycles. The summed E-state index contributed by atoms with van der Waals surface area (Å²) in [5.41, 5.74) is 8.53. The number of aromatic nitrogens is 4. The van der Waals surface area contributed by atoms with Gasteiger partial charge in [-0.1, -0.05) is 60.7 Å². The Morgan fingerprint density at radius 2 is 1.08 bits per heavy atom. The van der Waals surface area contributed by atoms with Crippen molar-refractivity contribution in [2.75, 3.05) is 11.9 Å². The molecular formula is C47H28F5N5O2. The average Bonchev–Trinajstić information content (AvgIpc) is 4.11. The van der Waals surface area contributed by atoms with Crippen molar-refractivity contribution in [1.29, 1.82) is 0 Å². The predicted molar refractivity (Wildman–Crippen MR) is 218 cm³/mol. The molecule has 0 radical (unpaired) electrons. The lowest BCUT2D eigenvalue weighted by molar-refractivity contribution is 0.158. The molecule has 5 heterocycles. The summed E-state index contributed by atoms with van der Waals surface area (Å²) >= 11 is 0. The highest BCUT2D eigenvalue weighted by molar-refractivity contribution is 5.94. The van der Waals surface area contributed by atoms with Crippen molar-refractivity contribution >= 4 is 58.2 Å². The molecule has 0 saturated carbocycles. The second-order valence-electron chi connectivity index (χ2n) is 14.2. The molecule has 3 aromatic heterocycles. The molecule has 3 aliphatic rings. The standard InChI is InChI=1S/C47H28F5N5O2/c48-42-41(43(49)45(51)46(52)44(42)50)40-37-19-15-28(55-37)21-26-13-17-35(53-26)39(36-18-14-27(54-36)22-29-16-20-38(40)56-29)24-9-11-25(12-10-24)57-47(58)59-23-34-32-7-3-1-5-30(32)31-6-2-4-8-33(31)34/h1-22,34,53,56H,23H2,(H,57,58). The van der Waals surface area contributed by atoms with Gasteiger partial charge in [0.1, 0.15) is 6.61 Å². The number of aromatic amines is 2. The van der Waals surface area contributed by atoms with E-state index < -0.39 is 40.7 Å². The molecule has 12 heteroatoms. The third kappa shape index (κ3) is 6.25. The van der Waals surface area contributed by atoms with Gasteiger partial charge in [-0.25, -0.2) is 36.7 Å². The minimum Gasteiger partial charge on any atom is -0.448 e. The fourth-order valence-corrected chi connectivity index (χ4v) is 7.94. The van der Waals surface area contributed by atoms with E-state index in [1.165, 1.54) is 12.1 Å². The molecule has 7 nitrogen and oxygen atoms in total. The number of benzene rings is 4. The number of nitrogens with zero attached hydrogens (tertiary/aromatic N) is 2. The van der Waals surface area contributed by atoms with Gasteiger partial charge in [0.2, 0.25) is 5.82 Å². The predicted octanol–water partition coefficient (Wildman–Crippen LogP) is 12.0. The molecular weight excluding hydrogens is 762 g/mol. The van der Waals surface area contributed by atoms with Crippen molar-refractivity contribution in [2.24, 2.45) is 0 Å². The number of H-pyrrole nitrogens is 2. The molecule has 4 aromatic carbocycles. The zero-order valence-electron chi connectivity index (χ0n) is 30.6. The van der Waals surface area contributed by atoms with Crippen LogP contribution in [0.15, 0.2) is 109 Å². The molecule has 0 fully saturated rings. The van der Waals surface area contributed by atoms with Crippen LogP contribution < -0.4 is 5.32 Å². The van der Waals surface area contributed by atoms with Crippen LogP contribution in [0.25, 0.3) is 79.8 Å². The van der Waals surface area contributed by atoms with Crippen LogP contribution >= 0.6 is 0 Å². The van der Waals surface area contributed by atoms with Gasteiger partial charge in [-0.15, -0.1) is 0 Å². The maximum absolute atomic E-state index is 15.3. The van der Waals surface area contributed by atoms with Gasteiger partial charge in [-0.2, -0.15) is 0 Å². The molecule has 3 N–H and O–H groups in total. The van der Waals surface area contributed by atoms with Crippen molar-refractivity contribution in [3.05, 3.63) is 172 Å². The lowest BCUT2D eigenvalue weighted by atomic mass is 9.98. The molecule has 8 bridgehead atoms. The van der Waals surface area contributed by atoms with Gasteiger partial charge >= 0.3 is 6.09 Å². The number of anilines is 1. The zero-order chi connectivity index (χ0) is 40.4. The Bertz CT molecular complexity index is 3060. The SMILES string of the molecule is O=C(Nc1ccc(-c2c3nc(cc4ccc([nH]4)c(-c4c(F)c(F)c(F)c(F)c4F)c4nc(cc5ccc2[nH]5)C=C4)C=C3)cc1)OCC1c2ccccc2-c2ccccc21. The summed E-state index contributed by atoms with van der Waals surface area (Å²) in [6, 6.07) is 33.7. The molecule has 59 heavy (non-hydrogen) atoms. The molecule has 288 valence electrons. The molecule has 0 atom stereocenters. The molecule has 10 rings (SSSR count). The normalized spacial score (nSPS) is 12.8. The van der Waals surface area contributed by atoms with Crippen molar-refractivity contribution in [1.82, 2.24) is 19.9 Å². The van der Waals surface area contributed by atoms with Gasteiger partial charge in [0.25, 0.3) is 0 Å². The molecule has 0 unspecified atom stereocenters. The van der Waals surface area contributed by atoms with Crippen LogP contribution in [0.2, 0.25) is 0 Å². The quantitative estimate of drug-likeness (QED) is 0.0919. The number of nitrogens with one attached hydrogen (secondary N) is 3. The Morgan fingerprint density at radius 3 is 1.66 bits per heavy atom. The van der Waals surface area contributed by atoms with Crippen LogP contribution in [0.1, 0.15) is 39.8 Å². The molecule has 0 spiro atoms. The van der Waals surface area contributed by atoms with E-state index in [9.17, 15) is 18.0 Å². The van der Waals surface area contributed by atoms with E-state index in [2.05, 4.69) is 44.5 Å². The highest BCUT2D eigenvalue weighted by atomic mass is 19.2. The second kappa shape index (κ2) is 14.1. The Kier molecular flexibility index (Phi) is 8.55. The Labute approximate surface area is 332 Å². The van der Waals surface area contributed by atoms with Gasteiger partial charge in [0, 0.05) is 44.8 Å². The van der Waals surface area contributed by atoms with E-state index in [1.54, 1.807) is 42.5 Å². The number of amides is 1. The van der Waals surface area contributed by atoms with Gasteiger partial charge in [0.05, 0.1) is 28.3 Å². The third-order valence-corrected chi connectivity index (χ3v) is 10.6. The highest BCUT2D eigenvalue weighted by Crippen LogP contribution is 2.45. The summed E-state index contributed by atoms with van der Waals surface area (Å²) in [5, 5.41) is 2.84. The van der Waals surface area contributed by atoms with Crippen LogP contribution in [-0.2, 0) is 4.74 Å². The molecule has 1 amide bonds. The monoisotopic (exact) mass is 789 g/mol. The summed E-state index contributed by atoms with van der Waals surface area (Å²) in [6.45, 7) is 0.181. The Hall–Kier alpha value is -7.60. The van der Waals surface area contributed by atoms with Gasteiger partial charge in [-0.3, -0.25) is 5.32 Å². The fourth-order valence-electron chi connectivity index (χ4n) is 7.94. The number of ether oxygens (including phenoxy) is 1. The summed E-state index contributed by atoms with van der Waals surface area (Å²) < 4.78 is 79.3. The Morgan fingerprint density at radius 1 is 0.576 bits per heavy atom. The number of rotatable bonds is 5. The topological polar surface area (TPSA) is 95.7 Å². The summed E-state index contributed by atoms with van der Waals surface area (Å²) in [5.74, 6) is -10.4. The van der Waals surface area contributed by atoms with E-state index in [4.69, 9.17) is 9.72 Å². The summed E-state index contributed by atoms with van der Waals surface area (Å²) in [6.07, 6.45) is 6.08. The van der Waals surface area contributed by atoms with E-state index in [0.717, 1.165) is 33.4 Å². The van der Waals surface area contributed by atoms with Gasteiger partial charge < -0.3 is 14.7 Å². The lowest BCUT2D eigenvalue weighted by Gasteiger charge is -2.14. The first-order valence-electron chi connectivity index (χ1n) is 18.5. The minimum absolute atomic E-state index is 0.0144. The maximum Gasteiger partial charge on any atom is 0.411 e. The van der Waals surface area contributed by atoms with Gasteiger partial charge in [-0.05, 0) is 101 Å². The van der Waals surface area contributed by atoms with Crippen molar-refractivity contribution in [2.45, 2.75) is 5.92 Å². The first-order chi connectivity index (χ1) is 28.7. The number of carbonyl (C=O) groups is 1. The summed E-state index contributed by atoms with van der Waals surface area (Å²) in [4.78, 5) is 28.9. The van der Waals surface area contributed by atoms with Crippen LogP contribution in [0.5, 0.6) is 0 Å². The molecule has 1 aliphatic carbocycles. The van der Waals surface area contributed by atoms with E-state index >= 15 is 8.78 Å². The van der Waals surface area contributed by atoms with Crippen LogP contribution in [-0.4, -0.2) is 32.6 Å².